The van der Waals surface area contributed by atoms with E-state index in [1.54, 1.807) is 0 Å². The molecule has 2 fully saturated rings. The highest BCUT2D eigenvalue weighted by molar-refractivity contribution is 7.80. The maximum Gasteiger partial charge on any atom is 0.222 e. The Balaban J connectivity index is 1.23. The number of para-hydroxylation sites is 2. The molecule has 0 bridgehead atoms. The largest absolute Gasteiger partial charge is 0.494 e. The van der Waals surface area contributed by atoms with E-state index in [0.29, 0.717) is 18.9 Å². The minimum atomic E-state index is 0.254. The van der Waals surface area contributed by atoms with Crippen LogP contribution in [-0.4, -0.2) is 53.6 Å². The smallest absolute Gasteiger partial charge is 0.222 e. The van der Waals surface area contributed by atoms with E-state index >= 15 is 0 Å². The van der Waals surface area contributed by atoms with Crippen LogP contribution in [-0.2, 0) is 4.79 Å². The van der Waals surface area contributed by atoms with Crippen LogP contribution in [0.3, 0.4) is 0 Å². The lowest BCUT2D eigenvalue weighted by Crippen LogP contribution is -2.45. The SMILES string of the molecule is Cc1cccc(C(C)C)c1NC(=S)N1CCC2(CCN(C(=O)CCCOc3ccccc3)CC2)C1. The fourth-order valence-electron chi connectivity index (χ4n) is 5.36. The van der Waals surface area contributed by atoms with Crippen LogP contribution in [0.2, 0.25) is 0 Å². The Morgan fingerprint density at radius 2 is 1.71 bits per heavy atom. The molecule has 0 atom stereocenters. The van der Waals surface area contributed by atoms with E-state index < -0.39 is 0 Å². The third-order valence-corrected chi connectivity index (χ3v) is 7.97. The lowest BCUT2D eigenvalue weighted by Gasteiger charge is -2.39. The summed E-state index contributed by atoms with van der Waals surface area (Å²) in [7, 11) is 0. The standard InChI is InChI=1S/C29H39N3O2S/c1-22(2)25-12-7-9-23(3)27(25)30-28(35)32-19-16-29(21-32)14-17-31(18-15-29)26(33)13-8-20-34-24-10-5-4-6-11-24/h4-7,9-12,22H,8,13-21H2,1-3H3,(H,30,35). The van der Waals surface area contributed by atoms with E-state index in [1.807, 2.05) is 30.3 Å². The van der Waals surface area contributed by atoms with Gasteiger partial charge < -0.3 is 19.9 Å². The van der Waals surface area contributed by atoms with Gasteiger partial charge in [-0.15, -0.1) is 0 Å². The molecule has 0 saturated carbocycles. The molecule has 1 N–H and O–H groups in total. The quantitative estimate of drug-likeness (QED) is 0.379. The number of piperidine rings is 1. The minimum Gasteiger partial charge on any atom is -0.494 e. The second-order valence-corrected chi connectivity index (χ2v) is 10.8. The van der Waals surface area contributed by atoms with Crippen LogP contribution >= 0.6 is 12.2 Å². The number of hydrogen-bond donors (Lipinski definition) is 1. The first-order valence-electron chi connectivity index (χ1n) is 13.0. The van der Waals surface area contributed by atoms with Crippen molar-refractivity contribution in [1.29, 1.82) is 0 Å². The minimum absolute atomic E-state index is 0.254. The van der Waals surface area contributed by atoms with E-state index in [9.17, 15) is 4.79 Å². The second kappa shape index (κ2) is 11.4. The van der Waals surface area contributed by atoms with Crippen molar-refractivity contribution in [3.63, 3.8) is 0 Å². The maximum atomic E-state index is 12.7. The predicted molar refractivity (Wildman–Crippen MR) is 147 cm³/mol. The van der Waals surface area contributed by atoms with E-state index in [1.165, 1.54) is 11.1 Å². The van der Waals surface area contributed by atoms with Gasteiger partial charge in [0.25, 0.3) is 0 Å². The Hall–Kier alpha value is -2.60. The highest BCUT2D eigenvalue weighted by Crippen LogP contribution is 2.41. The summed E-state index contributed by atoms with van der Waals surface area (Å²) in [6.07, 6.45) is 4.56. The Labute approximate surface area is 215 Å². The molecule has 1 amide bonds. The van der Waals surface area contributed by atoms with Crippen LogP contribution in [0.4, 0.5) is 5.69 Å². The molecule has 0 aromatic heterocycles. The van der Waals surface area contributed by atoms with Gasteiger partial charge in [0.05, 0.1) is 6.61 Å². The molecule has 2 aromatic carbocycles. The van der Waals surface area contributed by atoms with Gasteiger partial charge in [-0.05, 0) is 79.4 Å². The molecular weight excluding hydrogens is 454 g/mol. The third kappa shape index (κ3) is 6.35. The van der Waals surface area contributed by atoms with Crippen molar-refractivity contribution in [2.75, 3.05) is 38.1 Å². The summed E-state index contributed by atoms with van der Waals surface area (Å²) < 4.78 is 5.73. The normalized spacial score (nSPS) is 17.1. The number of anilines is 1. The molecule has 0 aliphatic carbocycles. The van der Waals surface area contributed by atoms with E-state index in [4.69, 9.17) is 17.0 Å². The number of aryl methyl sites for hydroxylation is 1. The van der Waals surface area contributed by atoms with Gasteiger partial charge in [0.15, 0.2) is 5.11 Å². The Kier molecular flexibility index (Phi) is 8.32. The molecule has 2 saturated heterocycles. The lowest BCUT2D eigenvalue weighted by molar-refractivity contribution is -0.133. The van der Waals surface area contributed by atoms with Crippen LogP contribution in [0.15, 0.2) is 48.5 Å². The molecule has 35 heavy (non-hydrogen) atoms. The van der Waals surface area contributed by atoms with Gasteiger partial charge in [-0.25, -0.2) is 0 Å². The first-order chi connectivity index (χ1) is 16.9. The number of hydrogen-bond acceptors (Lipinski definition) is 3. The van der Waals surface area contributed by atoms with Crippen molar-refractivity contribution in [2.45, 2.75) is 58.8 Å². The van der Waals surface area contributed by atoms with Crippen LogP contribution in [0, 0.1) is 12.3 Å². The molecule has 4 rings (SSSR count). The number of benzene rings is 2. The highest BCUT2D eigenvalue weighted by Gasteiger charge is 2.42. The zero-order valence-electron chi connectivity index (χ0n) is 21.4. The van der Waals surface area contributed by atoms with Gasteiger partial charge in [-0.2, -0.15) is 0 Å². The van der Waals surface area contributed by atoms with Crippen LogP contribution in [0.25, 0.3) is 0 Å². The van der Waals surface area contributed by atoms with E-state index in [0.717, 1.165) is 68.4 Å². The number of likely N-dealkylation sites (tertiary alicyclic amines) is 2. The van der Waals surface area contributed by atoms with Crippen molar-refractivity contribution in [3.8, 4) is 5.75 Å². The molecular formula is C29H39N3O2S. The summed E-state index contributed by atoms with van der Waals surface area (Å²) in [5, 5.41) is 4.40. The molecule has 0 radical (unpaired) electrons. The molecule has 188 valence electrons. The Morgan fingerprint density at radius 3 is 2.40 bits per heavy atom. The monoisotopic (exact) mass is 493 g/mol. The number of rotatable bonds is 7. The highest BCUT2D eigenvalue weighted by atomic mass is 32.1. The van der Waals surface area contributed by atoms with Gasteiger partial charge in [0.2, 0.25) is 5.91 Å². The van der Waals surface area contributed by atoms with Crippen molar-refractivity contribution in [1.82, 2.24) is 9.80 Å². The number of nitrogens with one attached hydrogen (secondary N) is 1. The van der Waals surface area contributed by atoms with Crippen LogP contribution in [0.1, 0.15) is 63.0 Å². The molecule has 6 heteroatoms. The van der Waals surface area contributed by atoms with Crippen molar-refractivity contribution < 1.29 is 9.53 Å². The number of carbonyl (C=O) groups is 1. The molecule has 2 aliphatic heterocycles. The van der Waals surface area contributed by atoms with E-state index in [2.05, 4.69) is 54.1 Å². The first kappa shape index (κ1) is 25.5. The van der Waals surface area contributed by atoms with Crippen molar-refractivity contribution in [3.05, 3.63) is 59.7 Å². The lowest BCUT2D eigenvalue weighted by atomic mass is 9.77. The molecule has 2 aliphatic rings. The van der Waals surface area contributed by atoms with E-state index in [-0.39, 0.29) is 11.3 Å². The first-order valence-corrected chi connectivity index (χ1v) is 13.4. The van der Waals surface area contributed by atoms with Gasteiger partial charge in [-0.1, -0.05) is 50.2 Å². The molecule has 1 spiro atoms. The molecule has 0 unspecified atom stereocenters. The van der Waals surface area contributed by atoms with Gasteiger partial charge in [0.1, 0.15) is 5.75 Å². The summed E-state index contributed by atoms with van der Waals surface area (Å²) in [6.45, 7) is 10.8. The fraction of sp³-hybridized carbons (Fsp3) is 0.517. The average Bonchev–Trinajstić information content (AvgIpc) is 3.27. The molecule has 2 aromatic rings. The zero-order chi connectivity index (χ0) is 24.8. The van der Waals surface area contributed by atoms with Gasteiger partial charge in [-0.3, -0.25) is 4.79 Å². The number of thiocarbonyl (C=S) groups is 1. The van der Waals surface area contributed by atoms with Gasteiger partial charge >= 0.3 is 0 Å². The number of nitrogens with zero attached hydrogens (tertiary/aromatic N) is 2. The average molecular weight is 494 g/mol. The number of carbonyl (C=O) groups excluding carboxylic acids is 1. The zero-order valence-corrected chi connectivity index (χ0v) is 22.2. The summed E-state index contributed by atoms with van der Waals surface area (Å²) in [6, 6.07) is 16.2. The van der Waals surface area contributed by atoms with Crippen LogP contribution in [0.5, 0.6) is 5.75 Å². The van der Waals surface area contributed by atoms with Gasteiger partial charge in [0, 0.05) is 38.3 Å². The molecule has 5 nitrogen and oxygen atoms in total. The van der Waals surface area contributed by atoms with Crippen molar-refractivity contribution in [2.24, 2.45) is 5.41 Å². The summed E-state index contributed by atoms with van der Waals surface area (Å²) in [5.74, 6) is 1.56. The summed E-state index contributed by atoms with van der Waals surface area (Å²) >= 11 is 5.85. The topological polar surface area (TPSA) is 44.8 Å². The maximum absolute atomic E-state index is 12.7. The third-order valence-electron chi connectivity index (χ3n) is 7.61. The fourth-order valence-corrected chi connectivity index (χ4v) is 5.62. The Morgan fingerprint density at radius 1 is 1.03 bits per heavy atom. The second-order valence-electron chi connectivity index (χ2n) is 10.4. The Bertz CT molecular complexity index is 1020. The summed E-state index contributed by atoms with van der Waals surface area (Å²) in [5.41, 5.74) is 3.96. The van der Waals surface area contributed by atoms with Crippen molar-refractivity contribution >= 4 is 28.9 Å². The molecule has 2 heterocycles. The summed E-state index contributed by atoms with van der Waals surface area (Å²) in [4.78, 5) is 17.1. The number of ether oxygens (including phenoxy) is 1. The predicted octanol–water partition coefficient (Wildman–Crippen LogP) is 5.99. The van der Waals surface area contributed by atoms with Crippen LogP contribution < -0.4 is 10.1 Å². The number of amides is 1.